The SMILES string of the molecule is Cc1cc(N)n(C(=O)c2ccc3cnn(C)c3c2)n1. The van der Waals surface area contributed by atoms with Crippen molar-refractivity contribution in [3.05, 3.63) is 41.7 Å². The highest BCUT2D eigenvalue weighted by Crippen LogP contribution is 2.17. The predicted molar refractivity (Wildman–Crippen MR) is 71.8 cm³/mol. The van der Waals surface area contributed by atoms with Crippen molar-refractivity contribution in [2.24, 2.45) is 7.05 Å². The summed E-state index contributed by atoms with van der Waals surface area (Å²) in [4.78, 5) is 12.3. The van der Waals surface area contributed by atoms with E-state index in [0.717, 1.165) is 10.9 Å². The summed E-state index contributed by atoms with van der Waals surface area (Å²) in [5.74, 6) is 0.0984. The molecule has 0 saturated carbocycles. The van der Waals surface area contributed by atoms with E-state index in [9.17, 15) is 4.79 Å². The van der Waals surface area contributed by atoms with Crippen molar-refractivity contribution in [2.45, 2.75) is 6.92 Å². The van der Waals surface area contributed by atoms with E-state index in [1.54, 1.807) is 36.0 Å². The molecule has 6 nitrogen and oxygen atoms in total. The molecule has 2 aromatic heterocycles. The summed E-state index contributed by atoms with van der Waals surface area (Å²) >= 11 is 0. The third-order valence-corrected chi connectivity index (χ3v) is 3.05. The predicted octanol–water partition coefficient (Wildman–Crippen LogP) is 1.35. The average Bonchev–Trinajstić information content (AvgIpc) is 2.92. The number of hydrogen-bond donors (Lipinski definition) is 1. The number of carbonyl (C=O) groups excluding carboxylic acids is 1. The first-order valence-corrected chi connectivity index (χ1v) is 5.85. The number of nitrogens with zero attached hydrogens (tertiary/aromatic N) is 4. The van der Waals surface area contributed by atoms with Gasteiger partial charge in [0.05, 0.1) is 17.4 Å². The van der Waals surface area contributed by atoms with Gasteiger partial charge >= 0.3 is 0 Å². The van der Waals surface area contributed by atoms with Crippen LogP contribution in [-0.4, -0.2) is 25.5 Å². The van der Waals surface area contributed by atoms with Crippen molar-refractivity contribution in [3.63, 3.8) is 0 Å². The van der Waals surface area contributed by atoms with Crippen LogP contribution in [0.5, 0.6) is 0 Å². The van der Waals surface area contributed by atoms with Gasteiger partial charge in [-0.25, -0.2) is 0 Å². The maximum Gasteiger partial charge on any atom is 0.280 e. The first-order valence-electron chi connectivity index (χ1n) is 5.85. The zero-order valence-electron chi connectivity index (χ0n) is 10.7. The van der Waals surface area contributed by atoms with Gasteiger partial charge in [0.2, 0.25) is 0 Å². The molecule has 0 radical (unpaired) electrons. The van der Waals surface area contributed by atoms with Crippen LogP contribution >= 0.6 is 0 Å². The molecule has 0 fully saturated rings. The van der Waals surface area contributed by atoms with Gasteiger partial charge in [-0.2, -0.15) is 14.9 Å². The number of fused-ring (bicyclic) bond motifs is 1. The van der Waals surface area contributed by atoms with Gasteiger partial charge < -0.3 is 5.73 Å². The summed E-state index contributed by atoms with van der Waals surface area (Å²) in [5, 5.41) is 9.23. The van der Waals surface area contributed by atoms with E-state index in [-0.39, 0.29) is 5.91 Å². The number of nitrogen functional groups attached to an aromatic ring is 1. The Morgan fingerprint density at radius 3 is 2.79 bits per heavy atom. The molecular formula is C13H13N5O. The number of anilines is 1. The summed E-state index contributed by atoms with van der Waals surface area (Å²) in [6.07, 6.45) is 1.76. The molecule has 1 aromatic carbocycles. The molecule has 19 heavy (non-hydrogen) atoms. The zero-order chi connectivity index (χ0) is 13.6. The Hall–Kier alpha value is -2.63. The normalized spacial score (nSPS) is 11.1. The van der Waals surface area contributed by atoms with E-state index in [1.807, 2.05) is 13.1 Å². The summed E-state index contributed by atoms with van der Waals surface area (Å²) in [7, 11) is 1.84. The maximum atomic E-state index is 12.3. The lowest BCUT2D eigenvalue weighted by Crippen LogP contribution is -2.16. The number of rotatable bonds is 1. The lowest BCUT2D eigenvalue weighted by Gasteiger charge is -2.03. The van der Waals surface area contributed by atoms with Gasteiger partial charge in [-0.05, 0) is 19.1 Å². The van der Waals surface area contributed by atoms with Gasteiger partial charge in [-0.1, -0.05) is 6.07 Å². The van der Waals surface area contributed by atoms with Gasteiger partial charge in [0.25, 0.3) is 5.91 Å². The molecule has 0 bridgehead atoms. The quantitative estimate of drug-likeness (QED) is 0.711. The second-order valence-corrected chi connectivity index (χ2v) is 4.47. The average molecular weight is 255 g/mol. The highest BCUT2D eigenvalue weighted by Gasteiger charge is 2.14. The molecule has 0 spiro atoms. The first kappa shape index (κ1) is 11.5. The molecule has 0 aliphatic heterocycles. The minimum Gasteiger partial charge on any atom is -0.383 e. The van der Waals surface area contributed by atoms with Crippen molar-refractivity contribution >= 4 is 22.6 Å². The van der Waals surface area contributed by atoms with E-state index >= 15 is 0 Å². The fraction of sp³-hybridized carbons (Fsp3) is 0.154. The molecular weight excluding hydrogens is 242 g/mol. The second kappa shape index (κ2) is 3.94. The number of nitrogens with two attached hydrogens (primary N) is 1. The zero-order valence-corrected chi connectivity index (χ0v) is 10.7. The van der Waals surface area contributed by atoms with Gasteiger partial charge in [0, 0.05) is 24.1 Å². The largest absolute Gasteiger partial charge is 0.383 e. The molecule has 0 unspecified atom stereocenters. The van der Waals surface area contributed by atoms with Crippen LogP contribution in [0.25, 0.3) is 10.9 Å². The highest BCUT2D eigenvalue weighted by molar-refractivity contribution is 6.00. The molecule has 96 valence electrons. The number of aryl methyl sites for hydroxylation is 2. The molecule has 2 N–H and O–H groups in total. The van der Waals surface area contributed by atoms with Crippen LogP contribution in [0.1, 0.15) is 16.1 Å². The molecule has 0 aliphatic rings. The molecule has 3 rings (SSSR count). The fourth-order valence-corrected chi connectivity index (χ4v) is 2.08. The lowest BCUT2D eigenvalue weighted by atomic mass is 10.1. The number of aromatic nitrogens is 4. The molecule has 0 amide bonds. The second-order valence-electron chi connectivity index (χ2n) is 4.47. The Kier molecular flexibility index (Phi) is 2.38. The monoisotopic (exact) mass is 255 g/mol. The summed E-state index contributed by atoms with van der Waals surface area (Å²) in [5.41, 5.74) is 7.91. The van der Waals surface area contributed by atoms with Crippen molar-refractivity contribution < 1.29 is 4.79 Å². The minimum atomic E-state index is -0.242. The van der Waals surface area contributed by atoms with Crippen molar-refractivity contribution in [1.82, 2.24) is 19.6 Å². The standard InChI is InChI=1S/C13H13N5O/c1-8-5-12(14)18(16-8)13(19)9-3-4-10-7-15-17(2)11(10)6-9/h3-7H,14H2,1-2H3. The summed E-state index contributed by atoms with van der Waals surface area (Å²) in [6, 6.07) is 7.08. The van der Waals surface area contributed by atoms with Gasteiger partial charge in [0.15, 0.2) is 0 Å². The Balaban J connectivity index is 2.11. The smallest absolute Gasteiger partial charge is 0.280 e. The molecule has 0 saturated heterocycles. The third-order valence-electron chi connectivity index (χ3n) is 3.05. The van der Waals surface area contributed by atoms with Crippen LogP contribution in [0.2, 0.25) is 0 Å². The molecule has 0 aliphatic carbocycles. The van der Waals surface area contributed by atoms with E-state index in [4.69, 9.17) is 5.73 Å². The maximum absolute atomic E-state index is 12.3. The molecule has 3 aromatic rings. The Labute approximate surface area is 109 Å². The van der Waals surface area contributed by atoms with Crippen LogP contribution < -0.4 is 5.73 Å². The third kappa shape index (κ3) is 1.77. The fourth-order valence-electron chi connectivity index (χ4n) is 2.08. The van der Waals surface area contributed by atoms with Gasteiger partial charge in [0.1, 0.15) is 5.82 Å². The molecule has 2 heterocycles. The van der Waals surface area contributed by atoms with Crippen molar-refractivity contribution in [3.8, 4) is 0 Å². The number of carbonyl (C=O) groups is 1. The Bertz CT molecular complexity index is 784. The van der Waals surface area contributed by atoms with E-state index in [0.29, 0.717) is 17.1 Å². The van der Waals surface area contributed by atoms with Crippen LogP contribution in [0.4, 0.5) is 5.82 Å². The van der Waals surface area contributed by atoms with E-state index in [2.05, 4.69) is 10.2 Å². The topological polar surface area (TPSA) is 78.7 Å². The van der Waals surface area contributed by atoms with Crippen LogP contribution in [0, 0.1) is 6.92 Å². The van der Waals surface area contributed by atoms with Gasteiger partial charge in [-0.3, -0.25) is 9.48 Å². The molecule has 6 heteroatoms. The number of benzene rings is 1. The van der Waals surface area contributed by atoms with Crippen molar-refractivity contribution in [1.29, 1.82) is 0 Å². The van der Waals surface area contributed by atoms with Gasteiger partial charge in [-0.15, -0.1) is 0 Å². The lowest BCUT2D eigenvalue weighted by molar-refractivity contribution is 0.0947. The minimum absolute atomic E-state index is 0.242. The highest BCUT2D eigenvalue weighted by atomic mass is 16.2. The van der Waals surface area contributed by atoms with Crippen molar-refractivity contribution in [2.75, 3.05) is 5.73 Å². The number of hydrogen-bond acceptors (Lipinski definition) is 4. The molecule has 0 atom stereocenters. The van der Waals surface area contributed by atoms with E-state index < -0.39 is 0 Å². The Morgan fingerprint density at radius 1 is 1.32 bits per heavy atom. The Morgan fingerprint density at radius 2 is 2.11 bits per heavy atom. The summed E-state index contributed by atoms with van der Waals surface area (Å²) in [6.45, 7) is 1.80. The van der Waals surface area contributed by atoms with Crippen LogP contribution in [-0.2, 0) is 7.05 Å². The summed E-state index contributed by atoms with van der Waals surface area (Å²) < 4.78 is 2.94. The van der Waals surface area contributed by atoms with E-state index in [1.165, 1.54) is 4.68 Å². The first-order chi connectivity index (χ1) is 9.06. The van der Waals surface area contributed by atoms with Crippen LogP contribution in [0.15, 0.2) is 30.5 Å². The van der Waals surface area contributed by atoms with Crippen LogP contribution in [0.3, 0.4) is 0 Å².